The molecule has 232 valence electrons. The highest BCUT2D eigenvalue weighted by atomic mass is 16.2. The van der Waals surface area contributed by atoms with E-state index in [-0.39, 0.29) is 11.3 Å². The van der Waals surface area contributed by atoms with E-state index in [0.717, 1.165) is 11.4 Å². The number of nitrogens with two attached hydrogens (primary N) is 3. The van der Waals surface area contributed by atoms with Crippen molar-refractivity contribution in [2.45, 2.75) is 13.8 Å². The molecule has 6 rings (SSSR count). The lowest BCUT2D eigenvalue weighted by atomic mass is 10.1. The van der Waals surface area contributed by atoms with Gasteiger partial charge < -0.3 is 17.2 Å². The molecule has 6 aromatic heterocycles. The Kier molecular flexibility index (Phi) is 8.95. The molecule has 6 aromatic rings. The van der Waals surface area contributed by atoms with E-state index in [9.17, 15) is 14.4 Å². The Morgan fingerprint density at radius 2 is 1.19 bits per heavy atom. The summed E-state index contributed by atoms with van der Waals surface area (Å²) in [5.41, 5.74) is 22.8. The zero-order chi connectivity index (χ0) is 33.7. The second kappa shape index (κ2) is 13.4. The quantitative estimate of drug-likeness (QED) is 0.224. The Hall–Kier alpha value is -6.94. The lowest BCUT2D eigenvalue weighted by molar-refractivity contribution is -0.113. The Balaban J connectivity index is 0.000000185. The monoisotopic (exact) mass is 624 g/mol. The van der Waals surface area contributed by atoms with Gasteiger partial charge in [-0.25, -0.2) is 9.97 Å². The molecule has 0 spiro atoms. The Morgan fingerprint density at radius 1 is 0.702 bits per heavy atom. The van der Waals surface area contributed by atoms with Crippen molar-refractivity contribution in [1.29, 1.82) is 5.26 Å². The maximum absolute atomic E-state index is 11.9. The average Bonchev–Trinajstić information content (AvgIpc) is 3.66. The summed E-state index contributed by atoms with van der Waals surface area (Å²) in [6.07, 6.45) is 9.39. The van der Waals surface area contributed by atoms with Crippen LogP contribution in [0.25, 0.3) is 34.6 Å². The van der Waals surface area contributed by atoms with Gasteiger partial charge in [-0.15, -0.1) is 0 Å². The molecule has 13 nitrogen and oxygen atoms in total. The lowest BCUT2D eigenvalue weighted by Crippen LogP contribution is -2.15. The molecule has 0 aliphatic heterocycles. The molecule has 6 N–H and O–H groups in total. The molecule has 0 saturated heterocycles. The van der Waals surface area contributed by atoms with E-state index < -0.39 is 17.7 Å². The SMILES string of the molecule is Cc1cccc(/C=C(/C(N)=O)c2ccc3ncc(C#N)n3c2)n1.Cc1cccc(/C=C(/C(N)=O)c2ccc3ncc(C(N)=O)n3c2)n1. The number of hydrogen-bond acceptors (Lipinski definition) is 8. The zero-order valence-electron chi connectivity index (χ0n) is 25.3. The Morgan fingerprint density at radius 3 is 1.66 bits per heavy atom. The first-order chi connectivity index (χ1) is 22.5. The van der Waals surface area contributed by atoms with Gasteiger partial charge in [-0.3, -0.25) is 33.2 Å². The molecular weight excluding hydrogens is 596 g/mol. The van der Waals surface area contributed by atoms with Gasteiger partial charge in [-0.05, 0) is 74.5 Å². The van der Waals surface area contributed by atoms with E-state index >= 15 is 0 Å². The summed E-state index contributed by atoms with van der Waals surface area (Å²) in [6, 6.07) is 19.9. The molecule has 0 unspecified atom stereocenters. The molecule has 0 fully saturated rings. The molecule has 0 bridgehead atoms. The molecule has 0 aromatic carbocycles. The third-order valence-electron chi connectivity index (χ3n) is 6.94. The van der Waals surface area contributed by atoms with Crippen LogP contribution in [0.1, 0.15) is 50.1 Å². The Bertz CT molecular complexity index is 2290. The number of amides is 3. The number of pyridine rings is 4. The lowest BCUT2D eigenvalue weighted by Gasteiger charge is -2.06. The fourth-order valence-electron chi connectivity index (χ4n) is 4.72. The van der Waals surface area contributed by atoms with Crippen molar-refractivity contribution in [1.82, 2.24) is 28.7 Å². The topological polar surface area (TPSA) is 213 Å². The fourth-order valence-corrected chi connectivity index (χ4v) is 4.72. The van der Waals surface area contributed by atoms with Crippen LogP contribution in [0, 0.1) is 25.2 Å². The van der Waals surface area contributed by atoms with Crippen LogP contribution >= 0.6 is 0 Å². The van der Waals surface area contributed by atoms with E-state index in [1.54, 1.807) is 65.3 Å². The highest BCUT2D eigenvalue weighted by molar-refractivity contribution is 6.24. The third-order valence-corrected chi connectivity index (χ3v) is 6.94. The van der Waals surface area contributed by atoms with Crippen molar-refractivity contribution in [3.8, 4) is 6.07 Å². The van der Waals surface area contributed by atoms with E-state index in [1.807, 2.05) is 38.1 Å². The minimum absolute atomic E-state index is 0.226. The number of imidazole rings is 2. The van der Waals surface area contributed by atoms with Gasteiger partial charge in [0.25, 0.3) is 5.91 Å². The highest BCUT2D eigenvalue weighted by Crippen LogP contribution is 2.21. The zero-order valence-corrected chi connectivity index (χ0v) is 25.3. The van der Waals surface area contributed by atoms with Crippen LogP contribution in [0.5, 0.6) is 0 Å². The molecule has 3 amide bonds. The van der Waals surface area contributed by atoms with Crippen LogP contribution in [0.2, 0.25) is 0 Å². The molecule has 0 aliphatic carbocycles. The van der Waals surface area contributed by atoms with Crippen LogP contribution in [-0.4, -0.2) is 46.5 Å². The number of hydrogen-bond donors (Lipinski definition) is 3. The van der Waals surface area contributed by atoms with Crippen molar-refractivity contribution in [2.75, 3.05) is 0 Å². The van der Waals surface area contributed by atoms with Crippen molar-refractivity contribution >= 4 is 52.3 Å². The third kappa shape index (κ3) is 7.08. The van der Waals surface area contributed by atoms with Gasteiger partial charge in [-0.1, -0.05) is 12.1 Å². The second-order valence-corrected chi connectivity index (χ2v) is 10.3. The molecule has 13 heteroatoms. The van der Waals surface area contributed by atoms with Crippen LogP contribution in [0.3, 0.4) is 0 Å². The average molecular weight is 625 g/mol. The van der Waals surface area contributed by atoms with E-state index in [4.69, 9.17) is 22.5 Å². The summed E-state index contributed by atoms with van der Waals surface area (Å²) < 4.78 is 3.15. The van der Waals surface area contributed by atoms with Crippen LogP contribution < -0.4 is 17.2 Å². The molecule has 0 atom stereocenters. The number of aromatic nitrogens is 6. The first-order valence-corrected chi connectivity index (χ1v) is 14.1. The fraction of sp³-hybridized carbons (Fsp3) is 0.0588. The minimum Gasteiger partial charge on any atom is -0.366 e. The van der Waals surface area contributed by atoms with E-state index in [2.05, 4.69) is 26.0 Å². The number of aryl methyl sites for hydroxylation is 2. The minimum atomic E-state index is -0.607. The number of rotatable bonds is 7. The van der Waals surface area contributed by atoms with Gasteiger partial charge in [0, 0.05) is 46.1 Å². The predicted molar refractivity (Wildman–Crippen MR) is 176 cm³/mol. The van der Waals surface area contributed by atoms with Gasteiger partial charge in [0.2, 0.25) is 11.8 Å². The van der Waals surface area contributed by atoms with Gasteiger partial charge >= 0.3 is 0 Å². The molecule has 0 aliphatic rings. The smallest absolute Gasteiger partial charge is 0.267 e. The first kappa shape index (κ1) is 31.5. The van der Waals surface area contributed by atoms with Crippen LogP contribution in [0.15, 0.2) is 85.5 Å². The maximum atomic E-state index is 11.9. The van der Waals surface area contributed by atoms with Gasteiger partial charge in [0.15, 0.2) is 0 Å². The van der Waals surface area contributed by atoms with Gasteiger partial charge in [-0.2, -0.15) is 5.26 Å². The summed E-state index contributed by atoms with van der Waals surface area (Å²) in [6.45, 7) is 3.73. The first-order valence-electron chi connectivity index (χ1n) is 14.1. The Labute approximate surface area is 268 Å². The summed E-state index contributed by atoms with van der Waals surface area (Å²) >= 11 is 0. The molecular formula is C34H28N10O3. The van der Waals surface area contributed by atoms with Crippen molar-refractivity contribution in [3.63, 3.8) is 0 Å². The number of fused-ring (bicyclic) bond motifs is 2. The van der Waals surface area contributed by atoms with Gasteiger partial charge in [0.05, 0.1) is 23.8 Å². The maximum Gasteiger partial charge on any atom is 0.267 e. The number of nitriles is 1. The summed E-state index contributed by atoms with van der Waals surface area (Å²) in [5.74, 6) is -1.77. The van der Waals surface area contributed by atoms with E-state index in [0.29, 0.717) is 45.1 Å². The summed E-state index contributed by atoms with van der Waals surface area (Å²) in [4.78, 5) is 52.1. The van der Waals surface area contributed by atoms with Crippen molar-refractivity contribution in [3.05, 3.63) is 131 Å². The number of carbonyl (C=O) groups is 3. The number of carbonyl (C=O) groups excluding carboxylic acids is 3. The van der Waals surface area contributed by atoms with Crippen molar-refractivity contribution in [2.24, 2.45) is 17.2 Å². The number of nitrogens with zero attached hydrogens (tertiary/aromatic N) is 7. The molecule has 0 radical (unpaired) electrons. The van der Waals surface area contributed by atoms with E-state index in [1.165, 1.54) is 16.8 Å². The summed E-state index contributed by atoms with van der Waals surface area (Å²) in [5, 5.41) is 9.10. The largest absolute Gasteiger partial charge is 0.366 e. The van der Waals surface area contributed by atoms with Crippen LogP contribution in [0.4, 0.5) is 0 Å². The predicted octanol–water partition coefficient (Wildman–Crippen LogP) is 3.10. The molecule has 0 saturated carbocycles. The molecule has 6 heterocycles. The highest BCUT2D eigenvalue weighted by Gasteiger charge is 2.14. The number of primary amides is 3. The summed E-state index contributed by atoms with van der Waals surface area (Å²) in [7, 11) is 0. The van der Waals surface area contributed by atoms with Crippen molar-refractivity contribution < 1.29 is 14.4 Å². The second-order valence-electron chi connectivity index (χ2n) is 10.3. The molecule has 47 heavy (non-hydrogen) atoms. The standard InChI is InChI=1S/C17H15N5O2.C17H13N5O/c1-10-3-2-4-12(21-10)7-13(16(18)23)11-5-6-15-20-8-14(17(19)24)22(15)9-11;1-11-3-2-4-13(21-11)7-15(17(19)23)12-5-6-16-20-9-14(8-18)22(16)10-12/h2-9H,1H3,(H2,18,23)(H2,19,24);2-7,9-10H,1H3,(H2,19,23)/b13-7+;15-7+. The van der Waals surface area contributed by atoms with Crippen LogP contribution in [-0.2, 0) is 9.59 Å². The normalized spacial score (nSPS) is 11.5. The van der Waals surface area contributed by atoms with Gasteiger partial charge in [0.1, 0.15) is 28.8 Å².